The molecule has 4 aromatic carbocycles. The van der Waals surface area contributed by atoms with E-state index < -0.39 is 0 Å². The molecule has 0 unspecified atom stereocenters. The predicted molar refractivity (Wildman–Crippen MR) is 260 cm³/mol. The second kappa shape index (κ2) is 26.8. The van der Waals surface area contributed by atoms with Crippen LogP contribution >= 0.6 is 0 Å². The summed E-state index contributed by atoms with van der Waals surface area (Å²) in [7, 11) is 0. The molecule has 0 aliphatic rings. The van der Waals surface area contributed by atoms with E-state index in [1.807, 2.05) is 0 Å². The minimum absolute atomic E-state index is 0. The van der Waals surface area contributed by atoms with E-state index in [9.17, 15) is 0 Å². The van der Waals surface area contributed by atoms with Gasteiger partial charge in [-0.05, 0) is 68.2 Å². The molecule has 0 aliphatic heterocycles. The van der Waals surface area contributed by atoms with E-state index in [-0.39, 0.29) is 12.4 Å². The van der Waals surface area contributed by atoms with Crippen LogP contribution in [-0.2, 0) is 0 Å². The second-order valence-corrected chi connectivity index (χ2v) is 17.6. The minimum Gasteiger partial charge on any atom is -1.00 e. The van der Waals surface area contributed by atoms with E-state index in [0.717, 1.165) is 65.0 Å². The molecule has 0 atom stereocenters. The van der Waals surface area contributed by atoms with Crippen LogP contribution in [0.25, 0.3) is 54.4 Å². The zero-order chi connectivity index (χ0) is 41.7. The molecule has 60 heavy (non-hydrogen) atoms. The molecule has 2 heterocycles. The number of H-pyrrole nitrogens is 2. The number of hydrogen-bond acceptors (Lipinski definition) is 2. The Balaban J connectivity index is 0.000000376. The molecule has 5 nitrogen and oxygen atoms in total. The van der Waals surface area contributed by atoms with E-state index in [2.05, 4.69) is 112 Å². The summed E-state index contributed by atoms with van der Waals surface area (Å²) in [5, 5.41) is 7.10. The number of aromatic amines is 2. The molecule has 0 bridgehead atoms. The summed E-state index contributed by atoms with van der Waals surface area (Å²) in [4.78, 5) is 7.56. The van der Waals surface area contributed by atoms with Gasteiger partial charge in [-0.15, -0.1) is 0 Å². The predicted octanol–water partition coefficient (Wildman–Crippen LogP) is 13.6. The molecule has 6 heteroatoms. The molecule has 2 aromatic heterocycles. The zero-order valence-corrected chi connectivity index (χ0v) is 39.6. The molecule has 6 rings (SSSR count). The van der Waals surface area contributed by atoms with Gasteiger partial charge in [0, 0.05) is 27.2 Å². The van der Waals surface area contributed by atoms with Crippen LogP contribution in [0.5, 0.6) is 11.5 Å². The SMILES string of the molecule is CCCCCCCCOc1cc2cc(OCCCCCCCC)c3c4ccccc4[nH]c3c2c2[nH]c3ccccc3c12.CCCC[N+](CCCC)(CCCC)CCCC.[Cl-]. The van der Waals surface area contributed by atoms with Gasteiger partial charge < -0.3 is 36.3 Å². The number of nitrogens with one attached hydrogen (secondary N) is 2. The van der Waals surface area contributed by atoms with Crippen molar-refractivity contribution in [2.45, 2.75) is 170 Å². The third kappa shape index (κ3) is 13.3. The Morgan fingerprint density at radius 3 is 1.15 bits per heavy atom. The number of para-hydroxylation sites is 2. The van der Waals surface area contributed by atoms with Gasteiger partial charge in [-0.2, -0.15) is 0 Å². The van der Waals surface area contributed by atoms with E-state index in [4.69, 9.17) is 9.47 Å². The lowest BCUT2D eigenvalue weighted by Crippen LogP contribution is -3.00. The van der Waals surface area contributed by atoms with Crippen molar-refractivity contribution in [1.82, 2.24) is 9.97 Å². The number of halogens is 1. The summed E-state index contributed by atoms with van der Waals surface area (Å²) in [5.41, 5.74) is 4.53. The van der Waals surface area contributed by atoms with E-state index in [1.165, 1.54) is 173 Å². The fraction of sp³-hybridized carbons (Fsp3) is 0.593. The number of hydrogen-bond donors (Lipinski definition) is 2. The molecule has 332 valence electrons. The van der Waals surface area contributed by atoms with Gasteiger partial charge in [0.2, 0.25) is 0 Å². The van der Waals surface area contributed by atoms with Crippen LogP contribution in [0.15, 0.2) is 60.7 Å². The zero-order valence-electron chi connectivity index (χ0n) is 38.8. The summed E-state index contributed by atoms with van der Waals surface area (Å²) in [6, 6.07) is 21.7. The molecular weight excluding hydrogens is 758 g/mol. The monoisotopic (exact) mass is 840 g/mol. The Morgan fingerprint density at radius 2 is 0.767 bits per heavy atom. The molecule has 0 spiro atoms. The molecule has 0 saturated heterocycles. The molecule has 0 aliphatic carbocycles. The molecule has 6 aromatic rings. The highest BCUT2D eigenvalue weighted by molar-refractivity contribution is 6.29. The summed E-state index contributed by atoms with van der Waals surface area (Å²) >= 11 is 0. The fourth-order valence-electron chi connectivity index (χ4n) is 9.20. The first-order valence-corrected chi connectivity index (χ1v) is 24.6. The van der Waals surface area contributed by atoms with Gasteiger partial charge in [-0.1, -0.05) is 168 Å². The Kier molecular flexibility index (Phi) is 22.0. The number of nitrogens with zero attached hydrogens (tertiary/aromatic N) is 1. The van der Waals surface area contributed by atoms with E-state index in [1.54, 1.807) is 0 Å². The highest BCUT2D eigenvalue weighted by Crippen LogP contribution is 2.45. The third-order valence-corrected chi connectivity index (χ3v) is 12.7. The summed E-state index contributed by atoms with van der Waals surface area (Å²) in [5.74, 6) is 1.92. The Hall–Kier alpha value is -3.41. The second-order valence-electron chi connectivity index (χ2n) is 17.6. The van der Waals surface area contributed by atoms with Gasteiger partial charge in [0.25, 0.3) is 0 Å². The van der Waals surface area contributed by atoms with Gasteiger partial charge in [-0.3, -0.25) is 0 Å². The van der Waals surface area contributed by atoms with E-state index >= 15 is 0 Å². The Morgan fingerprint density at radius 1 is 0.417 bits per heavy atom. The molecule has 0 saturated carbocycles. The van der Waals surface area contributed by atoms with Gasteiger partial charge in [-0.25, -0.2) is 0 Å². The minimum atomic E-state index is 0. The maximum Gasteiger partial charge on any atom is 0.129 e. The lowest BCUT2D eigenvalue weighted by molar-refractivity contribution is -0.929. The van der Waals surface area contributed by atoms with Gasteiger partial charge >= 0.3 is 0 Å². The highest BCUT2D eigenvalue weighted by atomic mass is 35.5. The first-order chi connectivity index (χ1) is 29.0. The number of unbranched alkanes of at least 4 members (excludes halogenated alkanes) is 14. The molecule has 0 amide bonds. The van der Waals surface area contributed by atoms with Crippen molar-refractivity contribution in [3.8, 4) is 11.5 Å². The van der Waals surface area contributed by atoms with Gasteiger partial charge in [0.05, 0.1) is 61.2 Å². The van der Waals surface area contributed by atoms with Crippen molar-refractivity contribution in [2.24, 2.45) is 0 Å². The van der Waals surface area contributed by atoms with Crippen LogP contribution in [-0.4, -0.2) is 53.8 Å². The van der Waals surface area contributed by atoms with Crippen LogP contribution in [0.4, 0.5) is 0 Å². The first kappa shape index (κ1) is 49.2. The standard InChI is InChI=1S/C38H46N2O2.C16H36N.ClH/c1-3-5-7-9-11-17-23-41-32-25-27-26-33(42-24-18-12-10-8-6-4-2)36-29-20-14-16-22-31(29)40-38(36)34(27)37-35(32)28-19-13-15-21-30(28)39-37;1-5-9-13-17(14-10-6-2,15-11-7-3)16-12-8-4;/h13-16,19-22,25-26,39-40H,3-12,17-18,23-24H2,1-2H3;5-16H2,1-4H3;1H/q;+1;/p-1. The number of fused-ring (bicyclic) bond motifs is 9. The normalized spacial score (nSPS) is 11.8. The largest absolute Gasteiger partial charge is 1.00 e. The lowest BCUT2D eigenvalue weighted by atomic mass is 10.0. The number of aromatic nitrogens is 2. The van der Waals surface area contributed by atoms with Crippen molar-refractivity contribution in [1.29, 1.82) is 0 Å². The van der Waals surface area contributed by atoms with Crippen molar-refractivity contribution in [3.05, 3.63) is 60.7 Å². The average Bonchev–Trinajstić information content (AvgIpc) is 3.85. The Bertz CT molecular complexity index is 1930. The average molecular weight is 841 g/mol. The molecule has 2 N–H and O–H groups in total. The number of rotatable bonds is 28. The van der Waals surface area contributed by atoms with Crippen molar-refractivity contribution in [3.63, 3.8) is 0 Å². The summed E-state index contributed by atoms with van der Waals surface area (Å²) < 4.78 is 14.6. The summed E-state index contributed by atoms with van der Waals surface area (Å²) in [6.45, 7) is 21.0. The number of ether oxygens (including phenoxy) is 2. The number of quaternary nitrogens is 1. The lowest BCUT2D eigenvalue weighted by Gasteiger charge is -2.39. The maximum absolute atomic E-state index is 6.59. The molecule has 0 radical (unpaired) electrons. The smallest absolute Gasteiger partial charge is 0.129 e. The molecular formula is C54H82ClN3O2. The summed E-state index contributed by atoms with van der Waals surface area (Å²) in [6.07, 6.45) is 26.1. The van der Waals surface area contributed by atoms with Gasteiger partial charge in [0.15, 0.2) is 0 Å². The van der Waals surface area contributed by atoms with E-state index in [0.29, 0.717) is 0 Å². The number of benzene rings is 4. The van der Waals surface area contributed by atoms with Crippen molar-refractivity contribution in [2.75, 3.05) is 39.4 Å². The third-order valence-electron chi connectivity index (χ3n) is 12.7. The quantitative estimate of drug-likeness (QED) is 0.0382. The van der Waals surface area contributed by atoms with Crippen molar-refractivity contribution >= 4 is 54.4 Å². The van der Waals surface area contributed by atoms with Crippen LogP contribution in [0.3, 0.4) is 0 Å². The van der Waals surface area contributed by atoms with Crippen LogP contribution in [0.2, 0.25) is 0 Å². The fourth-order valence-corrected chi connectivity index (χ4v) is 9.20. The first-order valence-electron chi connectivity index (χ1n) is 24.6. The molecule has 0 fully saturated rings. The maximum atomic E-state index is 6.59. The van der Waals surface area contributed by atoms with Crippen molar-refractivity contribution < 1.29 is 26.4 Å². The van der Waals surface area contributed by atoms with Crippen LogP contribution in [0, 0.1) is 0 Å². The van der Waals surface area contributed by atoms with Gasteiger partial charge in [0.1, 0.15) is 11.5 Å². The topological polar surface area (TPSA) is 50.0 Å². The van der Waals surface area contributed by atoms with Crippen LogP contribution < -0.4 is 21.9 Å². The highest BCUT2D eigenvalue weighted by Gasteiger charge is 2.25. The van der Waals surface area contributed by atoms with Crippen LogP contribution in [0.1, 0.15) is 170 Å². The Labute approximate surface area is 370 Å².